The summed E-state index contributed by atoms with van der Waals surface area (Å²) in [7, 11) is -0.283. The van der Waals surface area contributed by atoms with E-state index in [1.165, 1.54) is 7.11 Å². The van der Waals surface area contributed by atoms with Gasteiger partial charge in [-0.05, 0) is 30.5 Å². The van der Waals surface area contributed by atoms with Crippen molar-refractivity contribution in [3.8, 4) is 0 Å². The molecule has 30 heavy (non-hydrogen) atoms. The van der Waals surface area contributed by atoms with Gasteiger partial charge >= 0.3 is 0 Å². The minimum Gasteiger partial charge on any atom is -0.383 e. The fourth-order valence-corrected chi connectivity index (χ4v) is 4.77. The fourth-order valence-electron chi connectivity index (χ4n) is 3.69. The van der Waals surface area contributed by atoms with Gasteiger partial charge in [0, 0.05) is 46.9 Å². The number of nitrogens with zero attached hydrogens (tertiary/aromatic N) is 2. The van der Waals surface area contributed by atoms with Crippen LogP contribution in [0.1, 0.15) is 18.4 Å². The fraction of sp³-hybridized carbons (Fsp3) is 0.650. The number of benzene rings is 1. The molecule has 0 spiro atoms. The number of morpholine rings is 1. The van der Waals surface area contributed by atoms with E-state index >= 15 is 0 Å². The summed E-state index contributed by atoms with van der Waals surface area (Å²) in [6, 6.07) is 6.89. The summed E-state index contributed by atoms with van der Waals surface area (Å²) in [6.07, 6.45) is 2.31. The number of nitrogens with one attached hydrogen (secondary N) is 2. The number of ether oxygens (including phenoxy) is 3. The van der Waals surface area contributed by atoms with Crippen LogP contribution < -0.4 is 10.0 Å². The Morgan fingerprint density at radius 3 is 2.87 bits per heavy atom. The molecule has 2 heterocycles. The van der Waals surface area contributed by atoms with Crippen LogP contribution in [-0.4, -0.2) is 85.1 Å². The van der Waals surface area contributed by atoms with Crippen LogP contribution in [0.15, 0.2) is 34.2 Å². The Morgan fingerprint density at radius 1 is 1.30 bits per heavy atom. The van der Waals surface area contributed by atoms with Crippen molar-refractivity contribution in [2.75, 3.05) is 53.6 Å². The maximum atomic E-state index is 12.4. The third kappa shape index (κ3) is 6.14. The van der Waals surface area contributed by atoms with Gasteiger partial charge in [-0.2, -0.15) is 0 Å². The van der Waals surface area contributed by atoms with Crippen LogP contribution in [0, 0.1) is 0 Å². The van der Waals surface area contributed by atoms with Crippen LogP contribution in [0.2, 0.25) is 0 Å². The monoisotopic (exact) mass is 440 g/mol. The van der Waals surface area contributed by atoms with Crippen molar-refractivity contribution < 1.29 is 22.6 Å². The number of sulfonamides is 1. The molecule has 0 aliphatic carbocycles. The number of rotatable bonds is 8. The number of hydrogen-bond acceptors (Lipinski definition) is 6. The van der Waals surface area contributed by atoms with Crippen molar-refractivity contribution in [1.29, 1.82) is 0 Å². The summed E-state index contributed by atoms with van der Waals surface area (Å²) in [5, 5.41) is 3.34. The summed E-state index contributed by atoms with van der Waals surface area (Å²) < 4.78 is 44.0. The Kier molecular flexibility index (Phi) is 8.46. The summed E-state index contributed by atoms with van der Waals surface area (Å²) in [5.74, 6) is 0.771. The average Bonchev–Trinajstić information content (AvgIpc) is 3.30. The molecule has 2 aliphatic heterocycles. The number of hydrogen-bond donors (Lipinski definition) is 2. The number of methoxy groups -OCH3 is 1. The lowest BCUT2D eigenvalue weighted by Gasteiger charge is -2.37. The molecular formula is C20H32N4O5S. The van der Waals surface area contributed by atoms with Gasteiger partial charge in [-0.3, -0.25) is 4.99 Å². The first kappa shape index (κ1) is 23.0. The number of aliphatic imine (C=N–C) groups is 1. The molecule has 0 saturated carbocycles. The summed E-state index contributed by atoms with van der Waals surface area (Å²) in [5.41, 5.74) is 0.856. The topological polar surface area (TPSA) is 101 Å². The minimum absolute atomic E-state index is 0.0476. The van der Waals surface area contributed by atoms with E-state index in [1.54, 1.807) is 25.2 Å². The van der Waals surface area contributed by atoms with Crippen LogP contribution in [0.4, 0.5) is 0 Å². The van der Waals surface area contributed by atoms with E-state index in [1.807, 2.05) is 6.07 Å². The maximum absolute atomic E-state index is 12.4. The van der Waals surface area contributed by atoms with Crippen LogP contribution in [0.25, 0.3) is 0 Å². The third-order valence-electron chi connectivity index (χ3n) is 5.24. The van der Waals surface area contributed by atoms with Crippen LogP contribution in [-0.2, 0) is 30.8 Å². The van der Waals surface area contributed by atoms with Gasteiger partial charge < -0.3 is 24.4 Å². The van der Waals surface area contributed by atoms with Gasteiger partial charge in [-0.1, -0.05) is 12.1 Å². The molecule has 9 nitrogen and oxygen atoms in total. The van der Waals surface area contributed by atoms with E-state index < -0.39 is 10.0 Å². The Hall–Kier alpha value is -1.72. The maximum Gasteiger partial charge on any atom is 0.240 e. The lowest BCUT2D eigenvalue weighted by Crippen LogP contribution is -2.53. The summed E-state index contributed by atoms with van der Waals surface area (Å²) in [4.78, 5) is 6.80. The zero-order chi connectivity index (χ0) is 21.4. The largest absolute Gasteiger partial charge is 0.383 e. The zero-order valence-electron chi connectivity index (χ0n) is 17.7. The highest BCUT2D eigenvalue weighted by molar-refractivity contribution is 7.89. The third-order valence-corrected chi connectivity index (χ3v) is 6.70. The molecule has 3 rings (SSSR count). The second-order valence-electron chi connectivity index (χ2n) is 7.35. The molecule has 0 radical (unpaired) electrons. The van der Waals surface area contributed by atoms with E-state index in [4.69, 9.17) is 14.2 Å². The van der Waals surface area contributed by atoms with Gasteiger partial charge in [-0.25, -0.2) is 13.1 Å². The normalized spacial score (nSPS) is 23.0. The summed E-state index contributed by atoms with van der Waals surface area (Å²) in [6.45, 7) is 3.93. The molecule has 10 heteroatoms. The van der Waals surface area contributed by atoms with Gasteiger partial charge in [0.05, 0.1) is 24.2 Å². The highest BCUT2D eigenvalue weighted by Crippen LogP contribution is 2.21. The van der Waals surface area contributed by atoms with Crippen LogP contribution in [0.5, 0.6) is 0 Å². The predicted molar refractivity (Wildman–Crippen MR) is 114 cm³/mol. The first-order chi connectivity index (χ1) is 14.5. The average molecular weight is 441 g/mol. The molecule has 1 aromatic carbocycles. The molecule has 2 atom stereocenters. The molecule has 2 saturated heterocycles. The molecule has 0 bridgehead atoms. The SMILES string of the molecule is CN=C(NCc1cccc(S(=O)(=O)NCCOC)c1)N1CCOC(C2CCCO2)C1. The smallest absolute Gasteiger partial charge is 0.240 e. The molecule has 2 fully saturated rings. The first-order valence-electron chi connectivity index (χ1n) is 10.3. The molecule has 2 aliphatic rings. The molecule has 1 aromatic rings. The highest BCUT2D eigenvalue weighted by atomic mass is 32.2. The van der Waals surface area contributed by atoms with Gasteiger partial charge in [0.2, 0.25) is 10.0 Å². The van der Waals surface area contributed by atoms with E-state index in [0.29, 0.717) is 19.8 Å². The van der Waals surface area contributed by atoms with Crippen LogP contribution >= 0.6 is 0 Å². The number of guanidine groups is 1. The van der Waals surface area contributed by atoms with Gasteiger partial charge in [-0.15, -0.1) is 0 Å². The van der Waals surface area contributed by atoms with Crippen molar-refractivity contribution in [3.63, 3.8) is 0 Å². The second kappa shape index (κ2) is 11.1. The lowest BCUT2D eigenvalue weighted by molar-refractivity contribution is -0.0817. The summed E-state index contributed by atoms with van der Waals surface area (Å²) >= 11 is 0. The standard InChI is InChI=1S/C20H32N4O5S/c1-21-20(24-9-12-29-19(15-24)18-7-4-10-28-18)22-14-16-5-3-6-17(13-16)30(25,26)23-8-11-27-2/h3,5-6,13,18-19,23H,4,7-12,14-15H2,1-2H3,(H,21,22). The van der Waals surface area contributed by atoms with E-state index in [0.717, 1.165) is 44.1 Å². The Labute approximate surface area is 178 Å². The molecule has 0 aromatic heterocycles. The quantitative estimate of drug-likeness (QED) is 0.346. The Balaban J connectivity index is 1.58. The van der Waals surface area contributed by atoms with Gasteiger partial charge in [0.1, 0.15) is 6.10 Å². The van der Waals surface area contributed by atoms with E-state index in [-0.39, 0.29) is 23.6 Å². The van der Waals surface area contributed by atoms with Crippen molar-refractivity contribution in [1.82, 2.24) is 14.9 Å². The van der Waals surface area contributed by atoms with Crippen molar-refractivity contribution >= 4 is 16.0 Å². The molecule has 168 valence electrons. The van der Waals surface area contributed by atoms with E-state index in [2.05, 4.69) is 19.9 Å². The minimum atomic E-state index is -3.57. The Bertz CT molecular complexity index is 811. The van der Waals surface area contributed by atoms with Gasteiger partial charge in [0.15, 0.2) is 5.96 Å². The molecular weight excluding hydrogens is 408 g/mol. The van der Waals surface area contributed by atoms with Gasteiger partial charge in [0.25, 0.3) is 0 Å². The molecule has 2 N–H and O–H groups in total. The molecule has 0 amide bonds. The second-order valence-corrected chi connectivity index (χ2v) is 9.11. The van der Waals surface area contributed by atoms with Crippen molar-refractivity contribution in [2.45, 2.75) is 36.5 Å². The molecule has 2 unspecified atom stereocenters. The Morgan fingerprint density at radius 2 is 2.13 bits per heavy atom. The van der Waals surface area contributed by atoms with E-state index in [9.17, 15) is 8.42 Å². The predicted octanol–water partition coefficient (Wildman–Crippen LogP) is 0.567. The zero-order valence-corrected chi connectivity index (χ0v) is 18.5. The highest BCUT2D eigenvalue weighted by Gasteiger charge is 2.32. The lowest BCUT2D eigenvalue weighted by atomic mass is 10.1. The van der Waals surface area contributed by atoms with Crippen molar-refractivity contribution in [2.24, 2.45) is 4.99 Å². The van der Waals surface area contributed by atoms with Crippen molar-refractivity contribution in [3.05, 3.63) is 29.8 Å². The van der Waals surface area contributed by atoms with Crippen LogP contribution in [0.3, 0.4) is 0 Å². The first-order valence-corrected chi connectivity index (χ1v) is 11.8.